The number of methoxy groups -OCH3 is 1. The highest BCUT2D eigenvalue weighted by molar-refractivity contribution is 5.88. The molecule has 1 saturated heterocycles. The van der Waals surface area contributed by atoms with E-state index in [0.717, 1.165) is 23.1 Å². The largest absolute Gasteiger partial charge is 0.375 e. The van der Waals surface area contributed by atoms with E-state index in [2.05, 4.69) is 15.2 Å². The van der Waals surface area contributed by atoms with Crippen LogP contribution in [0.2, 0.25) is 0 Å². The molecule has 2 amide bonds. The molecule has 1 aromatic carbocycles. The van der Waals surface area contributed by atoms with Gasteiger partial charge in [0.25, 0.3) is 0 Å². The highest BCUT2D eigenvalue weighted by Crippen LogP contribution is 2.13. The van der Waals surface area contributed by atoms with Crippen molar-refractivity contribution in [2.75, 3.05) is 40.4 Å². The van der Waals surface area contributed by atoms with Crippen LogP contribution in [0.4, 0.5) is 0 Å². The Morgan fingerprint density at radius 1 is 1.23 bits per heavy atom. The van der Waals surface area contributed by atoms with Gasteiger partial charge < -0.3 is 19.9 Å². The predicted octanol–water partition coefficient (Wildman–Crippen LogP) is 0.640. The van der Waals surface area contributed by atoms with E-state index in [1.54, 1.807) is 4.90 Å². The third-order valence-corrected chi connectivity index (χ3v) is 4.57. The smallest absolute Gasteiger partial charge is 0.249 e. The number of carbonyl (C=O) groups excluding carboxylic acids is 2. The molecule has 1 fully saturated rings. The summed E-state index contributed by atoms with van der Waals surface area (Å²) in [5.74, 6) is -0.333. The van der Waals surface area contributed by atoms with Crippen molar-refractivity contribution in [3.05, 3.63) is 42.1 Å². The summed E-state index contributed by atoms with van der Waals surface area (Å²) >= 11 is 0. The molecule has 138 valence electrons. The van der Waals surface area contributed by atoms with Gasteiger partial charge in [-0.05, 0) is 19.2 Å². The molecule has 0 saturated carbocycles. The van der Waals surface area contributed by atoms with E-state index in [1.165, 1.54) is 7.11 Å². The molecular weight excluding hydrogens is 332 g/mol. The summed E-state index contributed by atoms with van der Waals surface area (Å²) in [6.45, 7) is 2.08. The first kappa shape index (κ1) is 18.3. The van der Waals surface area contributed by atoms with E-state index in [-0.39, 0.29) is 18.4 Å². The molecule has 1 aromatic heterocycles. The minimum Gasteiger partial charge on any atom is -0.375 e. The summed E-state index contributed by atoms with van der Waals surface area (Å²) < 4.78 is 4.94. The average molecular weight is 356 g/mol. The SMILES string of the molecule is COCC(=O)N1CCN(C)C[C@@H]1C(=O)NCc1ccc2ccccc2n1. The second-order valence-electron chi connectivity index (χ2n) is 6.51. The lowest BCUT2D eigenvalue weighted by atomic mass is 10.1. The number of para-hydroxylation sites is 1. The van der Waals surface area contributed by atoms with Crippen molar-refractivity contribution in [3.8, 4) is 0 Å². The highest BCUT2D eigenvalue weighted by atomic mass is 16.5. The number of carbonyl (C=O) groups is 2. The lowest BCUT2D eigenvalue weighted by Crippen LogP contribution is -2.60. The zero-order chi connectivity index (χ0) is 18.5. The minimum atomic E-state index is -0.517. The molecule has 2 aromatic rings. The van der Waals surface area contributed by atoms with E-state index < -0.39 is 6.04 Å². The first-order valence-corrected chi connectivity index (χ1v) is 8.68. The molecule has 0 spiro atoms. The number of ether oxygens (including phenoxy) is 1. The predicted molar refractivity (Wildman–Crippen MR) is 98.5 cm³/mol. The summed E-state index contributed by atoms with van der Waals surface area (Å²) in [4.78, 5) is 33.1. The van der Waals surface area contributed by atoms with E-state index in [0.29, 0.717) is 19.6 Å². The van der Waals surface area contributed by atoms with Gasteiger partial charge in [0.2, 0.25) is 11.8 Å². The van der Waals surface area contributed by atoms with Crippen molar-refractivity contribution in [1.82, 2.24) is 20.1 Å². The molecule has 1 N–H and O–H groups in total. The zero-order valence-electron chi connectivity index (χ0n) is 15.1. The van der Waals surface area contributed by atoms with Gasteiger partial charge in [-0.1, -0.05) is 24.3 Å². The Morgan fingerprint density at radius 2 is 2.04 bits per heavy atom. The molecule has 1 aliphatic rings. The Balaban J connectivity index is 1.67. The van der Waals surface area contributed by atoms with Gasteiger partial charge in [0, 0.05) is 32.1 Å². The van der Waals surface area contributed by atoms with E-state index >= 15 is 0 Å². The topological polar surface area (TPSA) is 74.8 Å². The van der Waals surface area contributed by atoms with Gasteiger partial charge in [0.15, 0.2) is 0 Å². The Morgan fingerprint density at radius 3 is 2.85 bits per heavy atom. The maximum atomic E-state index is 12.7. The molecule has 1 atom stereocenters. The molecule has 0 unspecified atom stereocenters. The number of hydrogen-bond acceptors (Lipinski definition) is 5. The number of rotatable bonds is 5. The van der Waals surface area contributed by atoms with Crippen LogP contribution in [0.25, 0.3) is 10.9 Å². The number of likely N-dealkylation sites (N-methyl/N-ethyl adjacent to an activating group) is 1. The Labute approximate surface area is 152 Å². The van der Waals surface area contributed by atoms with Crippen LogP contribution in [0, 0.1) is 0 Å². The number of pyridine rings is 1. The summed E-state index contributed by atoms with van der Waals surface area (Å²) in [5.41, 5.74) is 1.68. The fourth-order valence-electron chi connectivity index (χ4n) is 3.15. The second kappa shape index (κ2) is 8.25. The molecule has 0 radical (unpaired) electrons. The van der Waals surface area contributed by atoms with Gasteiger partial charge in [-0.15, -0.1) is 0 Å². The second-order valence-corrected chi connectivity index (χ2v) is 6.51. The molecule has 1 aliphatic heterocycles. The standard InChI is InChI=1S/C19H24N4O3/c1-22-9-10-23(18(24)13-26-2)17(12-22)19(25)20-11-15-8-7-14-5-3-4-6-16(14)21-15/h3-8,17H,9-13H2,1-2H3,(H,20,25)/t17-/m1/s1. The van der Waals surface area contributed by atoms with Crippen LogP contribution in [0.3, 0.4) is 0 Å². The van der Waals surface area contributed by atoms with E-state index in [9.17, 15) is 9.59 Å². The van der Waals surface area contributed by atoms with Gasteiger partial charge in [0.05, 0.1) is 17.8 Å². The minimum absolute atomic E-state index is 0.0142. The van der Waals surface area contributed by atoms with Crippen molar-refractivity contribution < 1.29 is 14.3 Å². The van der Waals surface area contributed by atoms with E-state index in [1.807, 2.05) is 43.4 Å². The Hall–Kier alpha value is -2.51. The zero-order valence-corrected chi connectivity index (χ0v) is 15.1. The molecule has 26 heavy (non-hydrogen) atoms. The third-order valence-electron chi connectivity index (χ3n) is 4.57. The van der Waals surface area contributed by atoms with Crippen LogP contribution in [0.15, 0.2) is 36.4 Å². The first-order chi connectivity index (χ1) is 12.6. The molecule has 3 rings (SSSR count). The van der Waals surface area contributed by atoms with Crippen LogP contribution in [0.5, 0.6) is 0 Å². The number of aromatic nitrogens is 1. The van der Waals surface area contributed by atoms with Crippen LogP contribution in [0.1, 0.15) is 5.69 Å². The number of nitrogens with zero attached hydrogens (tertiary/aromatic N) is 3. The number of piperazine rings is 1. The third kappa shape index (κ3) is 4.17. The Bertz CT molecular complexity index is 795. The molecule has 0 aliphatic carbocycles. The fourth-order valence-corrected chi connectivity index (χ4v) is 3.15. The van der Waals surface area contributed by atoms with Gasteiger partial charge in [-0.25, -0.2) is 0 Å². The molecular formula is C19H24N4O3. The van der Waals surface area contributed by atoms with Crippen LogP contribution in [-0.2, 0) is 20.9 Å². The summed E-state index contributed by atoms with van der Waals surface area (Å²) in [6, 6.07) is 11.2. The lowest BCUT2D eigenvalue weighted by Gasteiger charge is -2.38. The van der Waals surface area contributed by atoms with Crippen LogP contribution in [-0.4, -0.2) is 73.0 Å². The number of amides is 2. The maximum absolute atomic E-state index is 12.7. The number of nitrogens with one attached hydrogen (secondary N) is 1. The number of hydrogen-bond donors (Lipinski definition) is 1. The Kier molecular flexibility index (Phi) is 5.80. The molecule has 2 heterocycles. The van der Waals surface area contributed by atoms with Gasteiger partial charge in [-0.2, -0.15) is 0 Å². The van der Waals surface area contributed by atoms with Crippen molar-refractivity contribution in [3.63, 3.8) is 0 Å². The first-order valence-electron chi connectivity index (χ1n) is 8.68. The van der Waals surface area contributed by atoms with Gasteiger partial charge in [-0.3, -0.25) is 14.6 Å². The molecule has 7 nitrogen and oxygen atoms in total. The summed E-state index contributed by atoms with van der Waals surface area (Å²) in [7, 11) is 3.43. The van der Waals surface area contributed by atoms with Crippen molar-refractivity contribution in [2.45, 2.75) is 12.6 Å². The molecule has 7 heteroatoms. The average Bonchev–Trinajstić information content (AvgIpc) is 2.66. The number of fused-ring (bicyclic) bond motifs is 1. The normalized spacial score (nSPS) is 18.1. The molecule has 0 bridgehead atoms. The lowest BCUT2D eigenvalue weighted by molar-refractivity contribution is -0.146. The van der Waals surface area contributed by atoms with Crippen LogP contribution >= 0.6 is 0 Å². The van der Waals surface area contributed by atoms with E-state index in [4.69, 9.17) is 4.74 Å². The maximum Gasteiger partial charge on any atom is 0.249 e. The van der Waals surface area contributed by atoms with Gasteiger partial charge in [0.1, 0.15) is 12.6 Å². The monoisotopic (exact) mass is 356 g/mol. The van der Waals surface area contributed by atoms with Crippen molar-refractivity contribution >= 4 is 22.7 Å². The van der Waals surface area contributed by atoms with Crippen molar-refractivity contribution in [2.24, 2.45) is 0 Å². The fraction of sp³-hybridized carbons (Fsp3) is 0.421. The highest BCUT2D eigenvalue weighted by Gasteiger charge is 2.33. The summed E-state index contributed by atoms with van der Waals surface area (Å²) in [6.07, 6.45) is 0. The van der Waals surface area contributed by atoms with Gasteiger partial charge >= 0.3 is 0 Å². The quantitative estimate of drug-likeness (QED) is 0.851. The summed E-state index contributed by atoms with van der Waals surface area (Å²) in [5, 5.41) is 3.98. The number of benzene rings is 1. The van der Waals surface area contributed by atoms with Crippen molar-refractivity contribution in [1.29, 1.82) is 0 Å². The van der Waals surface area contributed by atoms with Crippen LogP contribution < -0.4 is 5.32 Å².